The van der Waals surface area contributed by atoms with Crippen molar-refractivity contribution in [3.8, 4) is 33.9 Å². The Kier molecular flexibility index (Phi) is 4.29. The molecule has 0 aliphatic carbocycles. The molecule has 0 saturated heterocycles. The monoisotopic (exact) mass is 415 g/mol. The smallest absolute Gasteiger partial charge is 0.164 e. The predicted molar refractivity (Wildman–Crippen MR) is 129 cm³/mol. The minimum atomic E-state index is 0.680. The molecule has 0 atom stereocenters. The van der Waals surface area contributed by atoms with E-state index >= 15 is 0 Å². The summed E-state index contributed by atoms with van der Waals surface area (Å²) in [7, 11) is 0. The van der Waals surface area contributed by atoms with Crippen LogP contribution < -0.4 is 0 Å². The van der Waals surface area contributed by atoms with Gasteiger partial charge in [0, 0.05) is 31.3 Å². The first-order chi connectivity index (χ1) is 15.4. The number of fused-ring (bicyclic) bond motifs is 3. The zero-order valence-corrected chi connectivity index (χ0v) is 17.4. The van der Waals surface area contributed by atoms with E-state index in [1.165, 1.54) is 25.7 Å². The molecule has 146 valence electrons. The van der Waals surface area contributed by atoms with Crippen molar-refractivity contribution >= 4 is 31.5 Å². The predicted octanol–water partition coefficient (Wildman–Crippen LogP) is 7.24. The van der Waals surface area contributed by atoms with E-state index in [4.69, 9.17) is 4.98 Å². The minimum absolute atomic E-state index is 0.680. The van der Waals surface area contributed by atoms with E-state index in [1.54, 1.807) is 17.7 Å². The Labute approximate surface area is 183 Å². The Bertz CT molecular complexity index is 1540. The van der Waals surface area contributed by atoms with E-state index < -0.39 is 0 Å². The van der Waals surface area contributed by atoms with E-state index in [-0.39, 0.29) is 0 Å². The summed E-state index contributed by atoms with van der Waals surface area (Å²) < 4.78 is 2.52. The van der Waals surface area contributed by atoms with Crippen LogP contribution in [0.15, 0.2) is 103 Å². The lowest BCUT2D eigenvalue weighted by Crippen LogP contribution is -1.95. The fourth-order valence-electron chi connectivity index (χ4n) is 3.99. The molecule has 0 N–H and O–H groups in total. The van der Waals surface area contributed by atoms with Crippen LogP contribution in [0.5, 0.6) is 0 Å². The Balaban J connectivity index is 1.49. The Morgan fingerprint density at radius 2 is 1.26 bits per heavy atom. The minimum Gasteiger partial charge on any atom is -0.217 e. The van der Waals surface area contributed by atoms with Gasteiger partial charge in [-0.3, -0.25) is 0 Å². The van der Waals surface area contributed by atoms with Gasteiger partial charge in [0.1, 0.15) is 6.33 Å². The van der Waals surface area contributed by atoms with Crippen LogP contribution in [0.25, 0.3) is 54.1 Å². The molecule has 6 aromatic rings. The van der Waals surface area contributed by atoms with Gasteiger partial charge in [-0.2, -0.15) is 0 Å². The first kappa shape index (κ1) is 17.9. The summed E-state index contributed by atoms with van der Waals surface area (Å²) in [4.78, 5) is 13.9. The highest BCUT2D eigenvalue weighted by Gasteiger charge is 2.14. The maximum atomic E-state index is 4.87. The molecule has 4 heteroatoms. The van der Waals surface area contributed by atoms with Gasteiger partial charge in [0.2, 0.25) is 0 Å². The maximum absolute atomic E-state index is 4.87. The third-order valence-electron chi connectivity index (χ3n) is 5.44. The molecule has 0 radical (unpaired) electrons. The number of nitrogens with zero attached hydrogens (tertiary/aromatic N) is 3. The molecule has 31 heavy (non-hydrogen) atoms. The summed E-state index contributed by atoms with van der Waals surface area (Å²) in [5.41, 5.74) is 4.34. The largest absolute Gasteiger partial charge is 0.217 e. The van der Waals surface area contributed by atoms with E-state index in [9.17, 15) is 0 Å². The summed E-state index contributed by atoms with van der Waals surface area (Å²) in [6.07, 6.45) is 1.61. The number of hydrogen-bond donors (Lipinski definition) is 0. The lowest BCUT2D eigenvalue weighted by atomic mass is 10.0. The molecule has 0 unspecified atom stereocenters. The second kappa shape index (κ2) is 7.42. The number of hydrogen-bond acceptors (Lipinski definition) is 4. The highest BCUT2D eigenvalue weighted by atomic mass is 32.1. The van der Waals surface area contributed by atoms with Crippen LogP contribution in [0.2, 0.25) is 0 Å². The molecule has 2 heterocycles. The van der Waals surface area contributed by atoms with Gasteiger partial charge in [-0.25, -0.2) is 15.0 Å². The van der Waals surface area contributed by atoms with Gasteiger partial charge in [-0.05, 0) is 29.3 Å². The van der Waals surface area contributed by atoms with Crippen LogP contribution in [0.4, 0.5) is 0 Å². The van der Waals surface area contributed by atoms with Crippen molar-refractivity contribution in [1.29, 1.82) is 0 Å². The molecule has 0 bridgehead atoms. The summed E-state index contributed by atoms with van der Waals surface area (Å²) in [6, 6.07) is 33.5. The van der Waals surface area contributed by atoms with Gasteiger partial charge in [0.25, 0.3) is 0 Å². The van der Waals surface area contributed by atoms with Gasteiger partial charge < -0.3 is 0 Å². The third-order valence-corrected chi connectivity index (χ3v) is 6.58. The van der Waals surface area contributed by atoms with E-state index in [0.29, 0.717) is 11.6 Å². The molecule has 0 spiro atoms. The molecule has 0 aliphatic rings. The van der Waals surface area contributed by atoms with Crippen LogP contribution in [0.3, 0.4) is 0 Å². The highest BCUT2D eigenvalue weighted by Crippen LogP contribution is 2.39. The second-order valence-electron chi connectivity index (χ2n) is 7.36. The number of rotatable bonds is 3. The molecule has 4 aromatic carbocycles. The molecular formula is C27H17N3S. The van der Waals surface area contributed by atoms with Crippen molar-refractivity contribution in [3.05, 3.63) is 103 Å². The number of aromatic nitrogens is 3. The average Bonchev–Trinajstić information content (AvgIpc) is 3.24. The zero-order valence-electron chi connectivity index (χ0n) is 16.6. The molecule has 2 aromatic heterocycles. The lowest BCUT2D eigenvalue weighted by Gasteiger charge is -2.07. The van der Waals surface area contributed by atoms with Crippen LogP contribution in [0.1, 0.15) is 0 Å². The van der Waals surface area contributed by atoms with Crippen LogP contribution >= 0.6 is 11.3 Å². The van der Waals surface area contributed by atoms with Crippen molar-refractivity contribution in [3.63, 3.8) is 0 Å². The van der Waals surface area contributed by atoms with Gasteiger partial charge in [0.15, 0.2) is 11.6 Å². The van der Waals surface area contributed by atoms with Gasteiger partial charge in [-0.15, -0.1) is 11.3 Å². The average molecular weight is 416 g/mol. The van der Waals surface area contributed by atoms with Crippen molar-refractivity contribution in [2.24, 2.45) is 0 Å². The maximum Gasteiger partial charge on any atom is 0.164 e. The second-order valence-corrected chi connectivity index (χ2v) is 8.44. The standard InChI is InChI=1S/C27H17N3S/c1-2-8-18(9-3-1)19-10-6-11-20(16-19)26-28-17-29-27(30-26)22-13-7-15-24-25(22)21-12-4-5-14-23(21)31-24/h1-17H. The van der Waals surface area contributed by atoms with Gasteiger partial charge in [-0.1, -0.05) is 78.9 Å². The molecule has 3 nitrogen and oxygen atoms in total. The Morgan fingerprint density at radius 3 is 2.19 bits per heavy atom. The summed E-state index contributed by atoms with van der Waals surface area (Å²) >= 11 is 1.80. The molecular weight excluding hydrogens is 398 g/mol. The Morgan fingerprint density at radius 1 is 0.548 bits per heavy atom. The lowest BCUT2D eigenvalue weighted by molar-refractivity contribution is 1.07. The van der Waals surface area contributed by atoms with Gasteiger partial charge in [0.05, 0.1) is 0 Å². The van der Waals surface area contributed by atoms with Crippen molar-refractivity contribution in [2.45, 2.75) is 0 Å². The van der Waals surface area contributed by atoms with Crippen molar-refractivity contribution in [1.82, 2.24) is 15.0 Å². The summed E-state index contributed by atoms with van der Waals surface area (Å²) in [5.74, 6) is 1.38. The molecule has 0 amide bonds. The molecule has 0 fully saturated rings. The molecule has 6 rings (SSSR count). The highest BCUT2D eigenvalue weighted by molar-refractivity contribution is 7.25. The molecule has 0 saturated carbocycles. The summed E-state index contributed by atoms with van der Waals surface area (Å²) in [6.45, 7) is 0. The normalized spacial score (nSPS) is 11.2. The van der Waals surface area contributed by atoms with E-state index in [1.807, 2.05) is 18.2 Å². The van der Waals surface area contributed by atoms with Gasteiger partial charge >= 0.3 is 0 Å². The quantitative estimate of drug-likeness (QED) is 0.306. The summed E-state index contributed by atoms with van der Waals surface area (Å²) in [5, 5.41) is 2.45. The van der Waals surface area contributed by atoms with E-state index in [0.717, 1.165) is 16.7 Å². The molecule has 0 aliphatic heterocycles. The Hall–Kier alpha value is -3.89. The first-order valence-corrected chi connectivity index (χ1v) is 10.9. The van der Waals surface area contributed by atoms with Crippen LogP contribution in [0, 0.1) is 0 Å². The zero-order chi connectivity index (χ0) is 20.6. The fraction of sp³-hybridized carbons (Fsp3) is 0. The van der Waals surface area contributed by atoms with Crippen LogP contribution in [-0.4, -0.2) is 15.0 Å². The van der Waals surface area contributed by atoms with E-state index in [2.05, 4.69) is 88.8 Å². The van der Waals surface area contributed by atoms with Crippen molar-refractivity contribution < 1.29 is 0 Å². The number of thiophene rings is 1. The first-order valence-electron chi connectivity index (χ1n) is 10.1. The fourth-order valence-corrected chi connectivity index (χ4v) is 5.13. The van der Waals surface area contributed by atoms with Crippen molar-refractivity contribution in [2.75, 3.05) is 0 Å². The topological polar surface area (TPSA) is 38.7 Å². The SMILES string of the molecule is c1ccc(-c2cccc(-c3ncnc(-c4cccc5sc6ccccc6c45)n3)c2)cc1. The van der Waals surface area contributed by atoms with Crippen LogP contribution in [-0.2, 0) is 0 Å². The third kappa shape index (κ3) is 3.18. The number of benzene rings is 4.